The Balaban J connectivity index is 1.39. The number of carbonyl (C=O) groups excluding carboxylic acids is 1. The summed E-state index contributed by atoms with van der Waals surface area (Å²) in [5.41, 5.74) is 2.45. The lowest BCUT2D eigenvalue weighted by molar-refractivity contribution is -0.141. The average Bonchev–Trinajstić information content (AvgIpc) is 3.61. The first-order valence-electron chi connectivity index (χ1n) is 10.4. The minimum atomic E-state index is -1.29. The van der Waals surface area contributed by atoms with E-state index in [2.05, 4.69) is 17.1 Å². The monoisotopic (exact) mass is 435 g/mol. The van der Waals surface area contributed by atoms with E-state index in [9.17, 15) is 14.7 Å². The van der Waals surface area contributed by atoms with Gasteiger partial charge in [0.2, 0.25) is 0 Å². The number of hydrogen-bond donors (Lipinski definition) is 2. The third-order valence-corrected chi connectivity index (χ3v) is 6.58. The SMILES string of the molecule is O=C(C(O)c1ccc(Cl)cc1)N1CCc2nc(C3(c4ccccc4)CC3)[nH]c(=O)c2C1. The van der Waals surface area contributed by atoms with Gasteiger partial charge in [-0.1, -0.05) is 54.1 Å². The van der Waals surface area contributed by atoms with Crippen LogP contribution in [0.1, 0.15) is 47.2 Å². The van der Waals surface area contributed by atoms with Gasteiger partial charge in [0.25, 0.3) is 11.5 Å². The minimum Gasteiger partial charge on any atom is -0.378 e. The normalized spacial score (nSPS) is 17.7. The lowest BCUT2D eigenvalue weighted by Crippen LogP contribution is -2.42. The van der Waals surface area contributed by atoms with Crippen LogP contribution in [0.5, 0.6) is 0 Å². The number of rotatable bonds is 4. The van der Waals surface area contributed by atoms with Crippen LogP contribution >= 0.6 is 11.6 Å². The van der Waals surface area contributed by atoms with Crippen molar-refractivity contribution in [1.29, 1.82) is 0 Å². The van der Waals surface area contributed by atoms with Gasteiger partial charge >= 0.3 is 0 Å². The maximum Gasteiger partial charge on any atom is 0.256 e. The Kier molecular flexibility index (Phi) is 4.91. The van der Waals surface area contributed by atoms with E-state index in [1.807, 2.05) is 18.2 Å². The van der Waals surface area contributed by atoms with Gasteiger partial charge in [-0.2, -0.15) is 0 Å². The molecule has 1 aliphatic carbocycles. The number of fused-ring (bicyclic) bond motifs is 1. The van der Waals surface area contributed by atoms with E-state index in [-0.39, 0.29) is 17.5 Å². The van der Waals surface area contributed by atoms with Gasteiger partial charge in [-0.25, -0.2) is 4.98 Å². The van der Waals surface area contributed by atoms with Crippen LogP contribution in [0.3, 0.4) is 0 Å². The number of nitrogens with one attached hydrogen (secondary N) is 1. The fourth-order valence-electron chi connectivity index (χ4n) is 4.34. The molecule has 1 atom stereocenters. The molecule has 1 saturated carbocycles. The first kappa shape index (κ1) is 20.0. The molecule has 1 unspecified atom stereocenters. The third kappa shape index (κ3) is 3.56. The number of hydrogen-bond acceptors (Lipinski definition) is 4. The molecule has 1 fully saturated rings. The molecule has 1 aliphatic heterocycles. The lowest BCUT2D eigenvalue weighted by atomic mass is 9.94. The molecule has 0 saturated heterocycles. The van der Waals surface area contributed by atoms with Crippen molar-refractivity contribution in [3.05, 3.63) is 98.2 Å². The molecule has 158 valence electrons. The standard InChI is InChI=1S/C24H22ClN3O3/c25-17-8-6-15(7-9-17)20(29)22(31)28-13-10-19-18(14-28)21(30)27-23(26-19)24(11-12-24)16-4-2-1-3-5-16/h1-9,20,29H,10-14H2,(H,26,27,30). The molecule has 0 radical (unpaired) electrons. The highest BCUT2D eigenvalue weighted by atomic mass is 35.5. The Morgan fingerprint density at radius 2 is 1.84 bits per heavy atom. The molecule has 0 spiro atoms. The summed E-state index contributed by atoms with van der Waals surface area (Å²) in [5, 5.41) is 11.0. The van der Waals surface area contributed by atoms with Crippen LogP contribution in [0.15, 0.2) is 59.4 Å². The fraction of sp³-hybridized carbons (Fsp3) is 0.292. The zero-order chi connectivity index (χ0) is 21.6. The number of halogens is 1. The number of amides is 1. The molecule has 2 heterocycles. The van der Waals surface area contributed by atoms with Crippen molar-refractivity contribution in [3.63, 3.8) is 0 Å². The van der Waals surface area contributed by atoms with E-state index in [0.717, 1.165) is 24.1 Å². The highest BCUT2D eigenvalue weighted by Crippen LogP contribution is 2.51. The smallest absolute Gasteiger partial charge is 0.256 e. The van der Waals surface area contributed by atoms with E-state index < -0.39 is 12.0 Å². The second-order valence-corrected chi connectivity index (χ2v) is 8.69. The Morgan fingerprint density at radius 3 is 2.52 bits per heavy atom. The summed E-state index contributed by atoms with van der Waals surface area (Å²) < 4.78 is 0. The Hall–Kier alpha value is -2.96. The number of H-pyrrole nitrogens is 1. The van der Waals surface area contributed by atoms with Gasteiger partial charge in [-0.15, -0.1) is 0 Å². The summed E-state index contributed by atoms with van der Waals surface area (Å²) in [7, 11) is 0. The Labute approximate surface area is 184 Å². The van der Waals surface area contributed by atoms with Crippen LogP contribution in [-0.2, 0) is 23.2 Å². The largest absolute Gasteiger partial charge is 0.378 e. The van der Waals surface area contributed by atoms with E-state index in [0.29, 0.717) is 34.9 Å². The number of benzene rings is 2. The van der Waals surface area contributed by atoms with Gasteiger partial charge in [-0.3, -0.25) is 9.59 Å². The van der Waals surface area contributed by atoms with Crippen molar-refractivity contribution in [2.75, 3.05) is 6.54 Å². The summed E-state index contributed by atoms with van der Waals surface area (Å²) in [6, 6.07) is 16.7. The van der Waals surface area contributed by atoms with Crippen molar-refractivity contribution >= 4 is 17.5 Å². The first-order valence-corrected chi connectivity index (χ1v) is 10.8. The maximum atomic E-state index is 12.9. The molecule has 1 amide bonds. The minimum absolute atomic E-state index is 0.139. The molecule has 2 aromatic carbocycles. The second kappa shape index (κ2) is 7.62. The summed E-state index contributed by atoms with van der Waals surface area (Å²) in [5.74, 6) is 0.280. The number of aliphatic hydroxyl groups is 1. The van der Waals surface area contributed by atoms with E-state index in [1.54, 1.807) is 24.3 Å². The molecule has 2 aliphatic rings. The Bertz CT molecular complexity index is 1190. The van der Waals surface area contributed by atoms with Crippen LogP contribution in [0, 0.1) is 0 Å². The molecular formula is C24H22ClN3O3. The highest BCUT2D eigenvalue weighted by Gasteiger charge is 2.48. The van der Waals surface area contributed by atoms with Crippen molar-refractivity contribution in [1.82, 2.24) is 14.9 Å². The Morgan fingerprint density at radius 1 is 1.13 bits per heavy atom. The maximum absolute atomic E-state index is 12.9. The second-order valence-electron chi connectivity index (χ2n) is 8.25. The topological polar surface area (TPSA) is 86.3 Å². The van der Waals surface area contributed by atoms with Gasteiger partial charge in [0.15, 0.2) is 6.10 Å². The van der Waals surface area contributed by atoms with Crippen LogP contribution in [0.4, 0.5) is 0 Å². The fourth-order valence-corrected chi connectivity index (χ4v) is 4.47. The van der Waals surface area contributed by atoms with Crippen LogP contribution in [0.25, 0.3) is 0 Å². The summed E-state index contributed by atoms with van der Waals surface area (Å²) >= 11 is 5.88. The van der Waals surface area contributed by atoms with Gasteiger partial charge < -0.3 is 15.0 Å². The molecule has 1 aromatic heterocycles. The molecule has 3 aromatic rings. The van der Waals surface area contributed by atoms with Gasteiger partial charge in [0, 0.05) is 18.0 Å². The van der Waals surface area contributed by atoms with Crippen LogP contribution in [0.2, 0.25) is 5.02 Å². The molecule has 5 rings (SSSR count). The van der Waals surface area contributed by atoms with Gasteiger partial charge in [-0.05, 0) is 36.1 Å². The lowest BCUT2D eigenvalue weighted by Gasteiger charge is -2.30. The quantitative estimate of drug-likeness (QED) is 0.659. The number of nitrogens with zero attached hydrogens (tertiary/aromatic N) is 2. The van der Waals surface area contributed by atoms with Crippen molar-refractivity contribution in [2.24, 2.45) is 0 Å². The highest BCUT2D eigenvalue weighted by molar-refractivity contribution is 6.30. The number of aromatic amines is 1. The van der Waals surface area contributed by atoms with E-state index in [4.69, 9.17) is 16.6 Å². The predicted molar refractivity (Wildman–Crippen MR) is 117 cm³/mol. The molecule has 2 N–H and O–H groups in total. The predicted octanol–water partition coefficient (Wildman–Crippen LogP) is 3.12. The first-order chi connectivity index (χ1) is 15.0. The van der Waals surface area contributed by atoms with Crippen LogP contribution < -0.4 is 5.56 Å². The average molecular weight is 436 g/mol. The summed E-state index contributed by atoms with van der Waals surface area (Å²) in [6.45, 7) is 0.546. The third-order valence-electron chi connectivity index (χ3n) is 6.33. The van der Waals surface area contributed by atoms with Crippen molar-refractivity contribution < 1.29 is 9.90 Å². The summed E-state index contributed by atoms with van der Waals surface area (Å²) in [4.78, 5) is 35.1. The summed E-state index contributed by atoms with van der Waals surface area (Å²) in [6.07, 6.45) is 1.10. The van der Waals surface area contributed by atoms with Crippen molar-refractivity contribution in [3.8, 4) is 0 Å². The van der Waals surface area contributed by atoms with Crippen LogP contribution in [-0.4, -0.2) is 32.4 Å². The van der Waals surface area contributed by atoms with E-state index in [1.165, 1.54) is 4.90 Å². The molecule has 6 nitrogen and oxygen atoms in total. The molecule has 0 bridgehead atoms. The van der Waals surface area contributed by atoms with Gasteiger partial charge in [0.1, 0.15) is 5.82 Å². The number of aromatic nitrogens is 2. The zero-order valence-corrected chi connectivity index (χ0v) is 17.6. The number of aliphatic hydroxyl groups excluding tert-OH is 1. The molecular weight excluding hydrogens is 414 g/mol. The molecule has 7 heteroatoms. The molecule has 31 heavy (non-hydrogen) atoms. The zero-order valence-electron chi connectivity index (χ0n) is 16.8. The van der Waals surface area contributed by atoms with Gasteiger partial charge in [0.05, 0.1) is 23.2 Å². The van der Waals surface area contributed by atoms with Crippen molar-refractivity contribution in [2.45, 2.75) is 37.3 Å². The number of carbonyl (C=O) groups is 1. The van der Waals surface area contributed by atoms with E-state index >= 15 is 0 Å².